The Morgan fingerprint density at radius 3 is 2.62 bits per heavy atom. The van der Waals surface area contributed by atoms with Crippen molar-refractivity contribution in [1.82, 2.24) is 20.4 Å². The van der Waals surface area contributed by atoms with Crippen LogP contribution < -0.4 is 5.32 Å². The van der Waals surface area contributed by atoms with Crippen LogP contribution >= 0.6 is 0 Å². The molecule has 0 saturated heterocycles. The maximum Gasteiger partial charge on any atom is 0.339 e. The maximum atomic E-state index is 12.1. The van der Waals surface area contributed by atoms with Crippen LogP contribution in [-0.2, 0) is 11.3 Å². The van der Waals surface area contributed by atoms with Crippen molar-refractivity contribution in [1.29, 1.82) is 0 Å². The third-order valence-corrected chi connectivity index (χ3v) is 3.02. The molecule has 1 amide bonds. The number of carbonyl (C=O) groups is 2. The summed E-state index contributed by atoms with van der Waals surface area (Å²) in [6.45, 7) is 5.19. The first-order valence-electron chi connectivity index (χ1n) is 6.29. The molecule has 0 radical (unpaired) electrons. The molecule has 2 aromatic rings. The minimum absolute atomic E-state index is 0.116. The summed E-state index contributed by atoms with van der Waals surface area (Å²) in [5.41, 5.74) is 1.80. The van der Waals surface area contributed by atoms with Gasteiger partial charge in [-0.25, -0.2) is 4.79 Å². The smallest absolute Gasteiger partial charge is 0.339 e. The molecule has 0 aliphatic rings. The van der Waals surface area contributed by atoms with Gasteiger partial charge in [-0.1, -0.05) is 5.16 Å². The number of rotatable bonds is 4. The Labute approximate surface area is 120 Å². The average molecular weight is 292 g/mol. The van der Waals surface area contributed by atoms with E-state index >= 15 is 0 Å². The van der Waals surface area contributed by atoms with Crippen LogP contribution in [0.5, 0.6) is 0 Å². The zero-order chi connectivity index (χ0) is 15.6. The third-order valence-electron chi connectivity index (χ3n) is 3.02. The van der Waals surface area contributed by atoms with Crippen LogP contribution in [0.25, 0.3) is 0 Å². The molecule has 21 heavy (non-hydrogen) atoms. The summed E-state index contributed by atoms with van der Waals surface area (Å²) in [6, 6.07) is 0. The van der Waals surface area contributed by atoms with Crippen LogP contribution in [0.1, 0.15) is 43.8 Å². The molecule has 0 saturated carbocycles. The number of hydrogen-bond acceptors (Lipinski definition) is 6. The molecule has 0 atom stereocenters. The summed E-state index contributed by atoms with van der Waals surface area (Å²) in [5.74, 6) is -0.0245. The van der Waals surface area contributed by atoms with Crippen molar-refractivity contribution < 1.29 is 18.8 Å². The van der Waals surface area contributed by atoms with E-state index in [4.69, 9.17) is 9.26 Å². The summed E-state index contributed by atoms with van der Waals surface area (Å²) < 4.78 is 9.60. The largest absolute Gasteiger partial charge is 0.465 e. The predicted octanol–water partition coefficient (Wildman–Crippen LogP) is 1.04. The van der Waals surface area contributed by atoms with Crippen molar-refractivity contribution in [3.8, 4) is 0 Å². The Kier molecular flexibility index (Phi) is 4.06. The highest BCUT2D eigenvalue weighted by Gasteiger charge is 2.22. The van der Waals surface area contributed by atoms with Gasteiger partial charge in [0.25, 0.3) is 5.91 Å². The molecular weight excluding hydrogens is 276 g/mol. The topological polar surface area (TPSA) is 110 Å². The maximum absolute atomic E-state index is 12.1. The van der Waals surface area contributed by atoms with E-state index in [9.17, 15) is 9.59 Å². The number of H-pyrrole nitrogens is 1. The summed E-state index contributed by atoms with van der Waals surface area (Å²) in [6.07, 6.45) is 0. The van der Waals surface area contributed by atoms with Gasteiger partial charge in [0, 0.05) is 5.69 Å². The Morgan fingerprint density at radius 1 is 1.33 bits per heavy atom. The van der Waals surface area contributed by atoms with Gasteiger partial charge >= 0.3 is 5.97 Å². The number of esters is 1. The highest BCUT2D eigenvalue weighted by molar-refractivity contribution is 6.00. The molecule has 2 rings (SSSR count). The first kappa shape index (κ1) is 14.8. The second-order valence-electron chi connectivity index (χ2n) is 4.53. The number of carbonyl (C=O) groups excluding carboxylic acids is 2. The molecule has 2 heterocycles. The lowest BCUT2D eigenvalue weighted by Crippen LogP contribution is -2.24. The monoisotopic (exact) mass is 292 g/mol. The second kappa shape index (κ2) is 5.78. The van der Waals surface area contributed by atoms with E-state index in [2.05, 4.69) is 20.4 Å². The van der Waals surface area contributed by atoms with Gasteiger partial charge in [0.1, 0.15) is 5.69 Å². The van der Waals surface area contributed by atoms with E-state index < -0.39 is 5.97 Å². The SMILES string of the molecule is COC(=O)c1c(C)[nH]c(C(=O)NCc2nc(C)no2)c1C. The molecule has 0 spiro atoms. The van der Waals surface area contributed by atoms with E-state index in [-0.39, 0.29) is 12.5 Å². The van der Waals surface area contributed by atoms with E-state index in [1.165, 1.54) is 7.11 Å². The minimum atomic E-state index is -0.479. The number of nitrogens with one attached hydrogen (secondary N) is 2. The van der Waals surface area contributed by atoms with Gasteiger partial charge in [-0.15, -0.1) is 0 Å². The number of aromatic nitrogens is 3. The lowest BCUT2D eigenvalue weighted by molar-refractivity contribution is 0.0599. The lowest BCUT2D eigenvalue weighted by Gasteiger charge is -2.02. The molecule has 0 bridgehead atoms. The molecule has 0 unspecified atom stereocenters. The molecule has 0 aliphatic heterocycles. The number of methoxy groups -OCH3 is 1. The van der Waals surface area contributed by atoms with E-state index in [1.54, 1.807) is 20.8 Å². The van der Waals surface area contributed by atoms with Crippen molar-refractivity contribution in [2.45, 2.75) is 27.3 Å². The summed E-state index contributed by atoms with van der Waals surface area (Å²) in [7, 11) is 1.30. The van der Waals surface area contributed by atoms with Crippen molar-refractivity contribution in [3.63, 3.8) is 0 Å². The molecule has 2 N–H and O–H groups in total. The predicted molar refractivity (Wildman–Crippen MR) is 71.8 cm³/mol. The number of ether oxygens (including phenoxy) is 1. The van der Waals surface area contributed by atoms with Gasteiger partial charge in [0.2, 0.25) is 5.89 Å². The molecule has 8 heteroatoms. The molecule has 8 nitrogen and oxygen atoms in total. The standard InChI is InChI=1S/C13H16N4O4/c1-6-10(13(19)20-4)7(2)15-11(6)12(18)14-5-9-16-8(3)17-21-9/h15H,5H2,1-4H3,(H,14,18). The number of aromatic amines is 1. The fourth-order valence-electron chi connectivity index (χ4n) is 2.04. The van der Waals surface area contributed by atoms with Crippen LogP contribution in [0, 0.1) is 20.8 Å². The third kappa shape index (κ3) is 2.93. The second-order valence-corrected chi connectivity index (χ2v) is 4.53. The molecule has 0 fully saturated rings. The summed E-state index contributed by atoms with van der Waals surface area (Å²) in [5, 5.41) is 6.28. The molecule has 2 aromatic heterocycles. The van der Waals surface area contributed by atoms with Crippen molar-refractivity contribution >= 4 is 11.9 Å². The zero-order valence-corrected chi connectivity index (χ0v) is 12.2. The normalized spacial score (nSPS) is 10.5. The van der Waals surface area contributed by atoms with Gasteiger partial charge in [-0.05, 0) is 26.3 Å². The Balaban J connectivity index is 2.14. The van der Waals surface area contributed by atoms with E-state index in [0.29, 0.717) is 34.2 Å². The number of nitrogens with zero attached hydrogens (tertiary/aromatic N) is 2. The van der Waals surface area contributed by atoms with E-state index in [1.807, 2.05) is 0 Å². The number of aryl methyl sites for hydroxylation is 2. The quantitative estimate of drug-likeness (QED) is 0.815. The Hall–Kier alpha value is -2.64. The molecular formula is C13H16N4O4. The number of amides is 1. The minimum Gasteiger partial charge on any atom is -0.465 e. The average Bonchev–Trinajstić information content (AvgIpc) is 2.99. The van der Waals surface area contributed by atoms with Gasteiger partial charge < -0.3 is 19.6 Å². The van der Waals surface area contributed by atoms with Crippen molar-refractivity contribution in [3.05, 3.63) is 34.2 Å². The van der Waals surface area contributed by atoms with Crippen molar-refractivity contribution in [2.24, 2.45) is 0 Å². The lowest BCUT2D eigenvalue weighted by atomic mass is 10.1. The first-order valence-corrected chi connectivity index (χ1v) is 6.29. The van der Waals surface area contributed by atoms with Crippen LogP contribution in [0.4, 0.5) is 0 Å². The molecule has 0 aromatic carbocycles. The fourth-order valence-corrected chi connectivity index (χ4v) is 2.04. The van der Waals surface area contributed by atoms with Crippen LogP contribution in [0.2, 0.25) is 0 Å². The fraction of sp³-hybridized carbons (Fsp3) is 0.385. The van der Waals surface area contributed by atoms with Gasteiger partial charge in [0.15, 0.2) is 5.82 Å². The summed E-state index contributed by atoms with van der Waals surface area (Å²) >= 11 is 0. The van der Waals surface area contributed by atoms with Crippen LogP contribution in [0.15, 0.2) is 4.52 Å². The first-order chi connectivity index (χ1) is 9.93. The van der Waals surface area contributed by atoms with Gasteiger partial charge in [-0.3, -0.25) is 4.79 Å². The van der Waals surface area contributed by atoms with Gasteiger partial charge in [-0.2, -0.15) is 4.98 Å². The molecule has 0 aliphatic carbocycles. The van der Waals surface area contributed by atoms with Crippen molar-refractivity contribution in [2.75, 3.05) is 7.11 Å². The van der Waals surface area contributed by atoms with Crippen LogP contribution in [0.3, 0.4) is 0 Å². The van der Waals surface area contributed by atoms with Crippen LogP contribution in [-0.4, -0.2) is 34.1 Å². The zero-order valence-electron chi connectivity index (χ0n) is 12.2. The Morgan fingerprint density at radius 2 is 2.05 bits per heavy atom. The Bertz CT molecular complexity index is 686. The summed E-state index contributed by atoms with van der Waals surface area (Å²) in [4.78, 5) is 30.7. The highest BCUT2D eigenvalue weighted by Crippen LogP contribution is 2.18. The highest BCUT2D eigenvalue weighted by atomic mass is 16.5. The molecule has 112 valence electrons. The van der Waals surface area contributed by atoms with Gasteiger partial charge in [0.05, 0.1) is 19.2 Å². The number of hydrogen-bond donors (Lipinski definition) is 2. The van der Waals surface area contributed by atoms with E-state index in [0.717, 1.165) is 0 Å².